The Hall–Kier alpha value is -2.80. The summed E-state index contributed by atoms with van der Waals surface area (Å²) in [6, 6.07) is 7.51. The minimum atomic E-state index is -0.486. The molecule has 1 saturated heterocycles. The number of hydrogen-bond donors (Lipinski definition) is 0. The normalized spacial score (nSPS) is 21.0. The number of nitro groups is 1. The predicted molar refractivity (Wildman–Crippen MR) is 91.6 cm³/mol. The summed E-state index contributed by atoms with van der Waals surface area (Å²) in [5, 5.41) is 12.0. The molecule has 0 aliphatic carbocycles. The number of imide groups is 1. The first-order valence-electron chi connectivity index (χ1n) is 8.25. The van der Waals surface area contributed by atoms with Crippen molar-refractivity contribution in [2.75, 3.05) is 20.1 Å². The van der Waals surface area contributed by atoms with Gasteiger partial charge in [-0.2, -0.15) is 0 Å². The first-order chi connectivity index (χ1) is 12.0. The Morgan fingerprint density at radius 3 is 2.52 bits per heavy atom. The summed E-state index contributed by atoms with van der Waals surface area (Å²) in [6.45, 7) is 1.60. The standard InChI is InChI=1S/C18H17N3O4/c1-19-9-3-4-11(10-19)20-17(22)13-6-2-5-12-15(21(24)25)8-7-14(16(12)13)18(20)23/h2,5-8,11H,3-4,9-10H2,1H3/t11-/m1/s1. The van der Waals surface area contributed by atoms with Gasteiger partial charge in [0.2, 0.25) is 0 Å². The smallest absolute Gasteiger partial charge is 0.277 e. The lowest BCUT2D eigenvalue weighted by molar-refractivity contribution is -0.383. The zero-order valence-electron chi connectivity index (χ0n) is 13.8. The fourth-order valence-electron chi connectivity index (χ4n) is 3.94. The van der Waals surface area contributed by atoms with E-state index in [-0.39, 0.29) is 23.5 Å². The number of non-ortho nitro benzene ring substituents is 1. The summed E-state index contributed by atoms with van der Waals surface area (Å²) in [4.78, 5) is 40.3. The minimum absolute atomic E-state index is 0.0907. The molecular weight excluding hydrogens is 322 g/mol. The maximum Gasteiger partial charge on any atom is 0.277 e. The number of carbonyl (C=O) groups excluding carboxylic acids is 2. The maximum atomic E-state index is 13.0. The van der Waals surface area contributed by atoms with E-state index in [2.05, 4.69) is 4.90 Å². The van der Waals surface area contributed by atoms with Crippen molar-refractivity contribution >= 4 is 28.3 Å². The number of amides is 2. The summed E-state index contributed by atoms with van der Waals surface area (Å²) in [5.41, 5.74) is 0.639. The highest BCUT2D eigenvalue weighted by molar-refractivity contribution is 6.26. The van der Waals surface area contributed by atoms with Crippen LogP contribution in [0.4, 0.5) is 5.69 Å². The highest BCUT2D eigenvalue weighted by atomic mass is 16.6. The number of likely N-dealkylation sites (N-methyl/N-ethyl adjacent to an activating group) is 1. The molecule has 1 fully saturated rings. The van der Waals surface area contributed by atoms with Crippen molar-refractivity contribution in [1.29, 1.82) is 0 Å². The number of likely N-dealkylation sites (tertiary alicyclic amines) is 1. The molecule has 0 aromatic heterocycles. The van der Waals surface area contributed by atoms with E-state index in [1.165, 1.54) is 17.0 Å². The van der Waals surface area contributed by atoms with Crippen molar-refractivity contribution in [2.24, 2.45) is 0 Å². The number of carbonyl (C=O) groups is 2. The SMILES string of the molecule is CN1CCC[C@@H](N2C(=O)c3cccc4c([N+](=O)[O-])ccc(c34)C2=O)C1. The average molecular weight is 339 g/mol. The van der Waals surface area contributed by atoms with Gasteiger partial charge in [-0.1, -0.05) is 6.07 Å². The van der Waals surface area contributed by atoms with Crippen molar-refractivity contribution in [2.45, 2.75) is 18.9 Å². The second-order valence-corrected chi connectivity index (χ2v) is 6.66. The van der Waals surface area contributed by atoms with Gasteiger partial charge in [-0.15, -0.1) is 0 Å². The molecule has 2 amide bonds. The van der Waals surface area contributed by atoms with Crippen molar-refractivity contribution in [1.82, 2.24) is 9.80 Å². The van der Waals surface area contributed by atoms with Crippen LogP contribution in [0.2, 0.25) is 0 Å². The molecule has 0 N–H and O–H groups in total. The molecule has 0 radical (unpaired) electrons. The van der Waals surface area contributed by atoms with Crippen molar-refractivity contribution in [3.05, 3.63) is 51.6 Å². The Labute approximate surface area is 144 Å². The van der Waals surface area contributed by atoms with Crippen LogP contribution in [-0.2, 0) is 0 Å². The van der Waals surface area contributed by atoms with Crippen LogP contribution in [0.3, 0.4) is 0 Å². The van der Waals surface area contributed by atoms with Crippen LogP contribution in [0, 0.1) is 10.1 Å². The van der Waals surface area contributed by atoms with Gasteiger partial charge >= 0.3 is 0 Å². The Morgan fingerprint density at radius 2 is 1.84 bits per heavy atom. The summed E-state index contributed by atoms with van der Waals surface area (Å²) in [7, 11) is 1.98. The van der Waals surface area contributed by atoms with E-state index in [9.17, 15) is 19.7 Å². The van der Waals surface area contributed by atoms with Crippen LogP contribution in [-0.4, -0.2) is 52.7 Å². The summed E-state index contributed by atoms with van der Waals surface area (Å²) >= 11 is 0. The van der Waals surface area contributed by atoms with Crippen molar-refractivity contribution in [3.63, 3.8) is 0 Å². The second-order valence-electron chi connectivity index (χ2n) is 6.66. The van der Waals surface area contributed by atoms with Gasteiger partial charge in [0.05, 0.1) is 16.4 Å². The molecule has 2 aromatic carbocycles. The molecule has 0 saturated carbocycles. The molecule has 4 rings (SSSR count). The fourth-order valence-corrected chi connectivity index (χ4v) is 3.94. The fraction of sp³-hybridized carbons (Fsp3) is 0.333. The van der Waals surface area contributed by atoms with Crippen LogP contribution in [0.15, 0.2) is 30.3 Å². The van der Waals surface area contributed by atoms with E-state index in [4.69, 9.17) is 0 Å². The van der Waals surface area contributed by atoms with Crippen LogP contribution in [0.25, 0.3) is 10.8 Å². The maximum absolute atomic E-state index is 13.0. The third-order valence-electron chi connectivity index (χ3n) is 5.08. The number of piperidine rings is 1. The third kappa shape index (κ3) is 2.31. The molecule has 0 bridgehead atoms. The van der Waals surface area contributed by atoms with Gasteiger partial charge in [-0.25, -0.2) is 0 Å². The minimum Gasteiger partial charge on any atom is -0.304 e. The lowest BCUT2D eigenvalue weighted by atomic mass is 9.91. The van der Waals surface area contributed by atoms with E-state index >= 15 is 0 Å². The highest BCUT2D eigenvalue weighted by Crippen LogP contribution is 2.36. The third-order valence-corrected chi connectivity index (χ3v) is 5.08. The van der Waals surface area contributed by atoms with Gasteiger partial charge in [0.1, 0.15) is 0 Å². The molecule has 7 nitrogen and oxygen atoms in total. The Bertz CT molecular complexity index is 902. The predicted octanol–water partition coefficient (Wildman–Crippen LogP) is 2.44. The van der Waals surface area contributed by atoms with Crippen LogP contribution < -0.4 is 0 Å². The molecule has 7 heteroatoms. The van der Waals surface area contributed by atoms with Crippen molar-refractivity contribution in [3.8, 4) is 0 Å². The van der Waals surface area contributed by atoms with Gasteiger partial charge in [-0.3, -0.25) is 24.6 Å². The molecule has 2 aliphatic heterocycles. The van der Waals surface area contributed by atoms with Crippen LogP contribution in [0.5, 0.6) is 0 Å². The molecule has 2 aliphatic rings. The molecule has 0 spiro atoms. The number of rotatable bonds is 2. The van der Waals surface area contributed by atoms with E-state index in [0.29, 0.717) is 28.4 Å². The van der Waals surface area contributed by atoms with E-state index < -0.39 is 4.92 Å². The lowest BCUT2D eigenvalue weighted by Crippen LogP contribution is -2.53. The van der Waals surface area contributed by atoms with Gasteiger partial charge in [-0.05, 0) is 44.6 Å². The molecule has 1 atom stereocenters. The van der Waals surface area contributed by atoms with E-state index in [1.807, 2.05) is 7.05 Å². The molecule has 2 heterocycles. The molecule has 0 unspecified atom stereocenters. The lowest BCUT2D eigenvalue weighted by Gasteiger charge is -2.38. The zero-order chi connectivity index (χ0) is 17.7. The van der Waals surface area contributed by atoms with Gasteiger partial charge in [0.15, 0.2) is 0 Å². The largest absolute Gasteiger partial charge is 0.304 e. The topological polar surface area (TPSA) is 83.8 Å². The first-order valence-corrected chi connectivity index (χ1v) is 8.25. The molecule has 128 valence electrons. The first kappa shape index (κ1) is 15.7. The number of nitro benzene ring substituents is 1. The quantitative estimate of drug-likeness (QED) is 0.477. The Morgan fingerprint density at radius 1 is 1.12 bits per heavy atom. The summed E-state index contributed by atoms with van der Waals surface area (Å²) in [5.74, 6) is -0.715. The Kier molecular flexibility index (Phi) is 3.54. The highest BCUT2D eigenvalue weighted by Gasteiger charge is 2.39. The monoisotopic (exact) mass is 339 g/mol. The summed E-state index contributed by atoms with van der Waals surface area (Å²) in [6.07, 6.45) is 1.70. The number of benzene rings is 2. The number of hydrogen-bond acceptors (Lipinski definition) is 5. The summed E-state index contributed by atoms with van der Waals surface area (Å²) < 4.78 is 0. The number of nitrogens with zero attached hydrogens (tertiary/aromatic N) is 3. The molecular formula is C18H17N3O4. The van der Waals surface area contributed by atoms with Crippen molar-refractivity contribution < 1.29 is 14.5 Å². The van der Waals surface area contributed by atoms with Crippen LogP contribution in [0.1, 0.15) is 33.6 Å². The van der Waals surface area contributed by atoms with Gasteiger partial charge in [0.25, 0.3) is 17.5 Å². The van der Waals surface area contributed by atoms with Crippen LogP contribution >= 0.6 is 0 Å². The average Bonchev–Trinajstić information content (AvgIpc) is 2.59. The van der Waals surface area contributed by atoms with E-state index in [0.717, 1.165) is 19.4 Å². The van der Waals surface area contributed by atoms with E-state index in [1.54, 1.807) is 18.2 Å². The molecule has 25 heavy (non-hydrogen) atoms. The molecule has 2 aromatic rings. The van der Waals surface area contributed by atoms with Gasteiger partial charge in [0, 0.05) is 29.1 Å². The van der Waals surface area contributed by atoms with Gasteiger partial charge < -0.3 is 4.90 Å². The zero-order valence-corrected chi connectivity index (χ0v) is 13.8. The second kappa shape index (κ2) is 5.63. The Balaban J connectivity index is 1.89.